The van der Waals surface area contributed by atoms with Crippen LogP contribution in [0.15, 0.2) is 40.4 Å². The Balaban J connectivity index is 1.99. The summed E-state index contributed by atoms with van der Waals surface area (Å²) in [5.41, 5.74) is 13.9. The Labute approximate surface area is 183 Å². The lowest BCUT2D eigenvalue weighted by Gasteiger charge is -2.17. The molecule has 0 aliphatic carbocycles. The number of ketones is 1. The number of nitrogens with two attached hydrogens (primary N) is 2. The number of aromatic nitrogens is 1. The minimum absolute atomic E-state index is 0.145. The second-order valence-corrected chi connectivity index (χ2v) is 8.79. The van der Waals surface area contributed by atoms with Gasteiger partial charge in [0.15, 0.2) is 5.78 Å². The van der Waals surface area contributed by atoms with Crippen molar-refractivity contribution in [3.8, 4) is 5.75 Å². The fourth-order valence-electron chi connectivity index (χ4n) is 3.21. The third-order valence-electron chi connectivity index (χ3n) is 4.92. The van der Waals surface area contributed by atoms with E-state index in [1.165, 1.54) is 13.3 Å². The Morgan fingerprint density at radius 3 is 2.58 bits per heavy atom. The van der Waals surface area contributed by atoms with Crippen LogP contribution in [0.4, 0.5) is 0 Å². The highest BCUT2D eigenvalue weighted by Gasteiger charge is 2.23. The highest BCUT2D eigenvalue weighted by molar-refractivity contribution is 7.90. The van der Waals surface area contributed by atoms with E-state index in [2.05, 4.69) is 14.7 Å². The van der Waals surface area contributed by atoms with E-state index in [1.807, 2.05) is 0 Å². The highest BCUT2D eigenvalue weighted by atomic mass is 32.2. The van der Waals surface area contributed by atoms with Crippen LogP contribution in [-0.2, 0) is 10.0 Å². The zero-order valence-corrected chi connectivity index (χ0v) is 19.0. The van der Waals surface area contributed by atoms with E-state index < -0.39 is 16.1 Å². The van der Waals surface area contributed by atoms with E-state index in [4.69, 9.17) is 16.2 Å². The average Bonchev–Trinajstić information content (AvgIpc) is 2.73. The Hall–Kier alpha value is -2.98. The van der Waals surface area contributed by atoms with Crippen LogP contribution >= 0.6 is 0 Å². The molecule has 0 fully saturated rings. The average molecular weight is 448 g/mol. The molecule has 2 aromatic rings. The molecule has 5 N–H and O–H groups in total. The molecule has 1 heterocycles. The van der Waals surface area contributed by atoms with E-state index in [9.17, 15) is 13.2 Å². The number of carbonyl (C=O) groups excluding carboxylic acids is 1. The van der Waals surface area contributed by atoms with Crippen LogP contribution in [-0.4, -0.2) is 44.8 Å². The molecule has 0 radical (unpaired) electrons. The van der Waals surface area contributed by atoms with Crippen LogP contribution in [0.2, 0.25) is 0 Å². The fraction of sp³-hybridized carbons (Fsp3) is 0.381. The van der Waals surface area contributed by atoms with Crippen LogP contribution < -0.4 is 20.9 Å². The third kappa shape index (κ3) is 6.02. The van der Waals surface area contributed by atoms with Crippen molar-refractivity contribution in [1.29, 1.82) is 0 Å². The van der Waals surface area contributed by atoms with Gasteiger partial charge in [0.1, 0.15) is 11.4 Å². The number of carbonyl (C=O) groups is 1. The monoisotopic (exact) mass is 447 g/mol. The molecule has 1 aromatic heterocycles. The van der Waals surface area contributed by atoms with Gasteiger partial charge in [0.25, 0.3) is 10.0 Å². The minimum Gasteiger partial charge on any atom is -0.496 e. The summed E-state index contributed by atoms with van der Waals surface area (Å²) in [6.07, 6.45) is 2.36. The number of sulfonamides is 1. The van der Waals surface area contributed by atoms with Crippen LogP contribution in [0.3, 0.4) is 0 Å². The number of guanidine groups is 1. The second-order valence-electron chi connectivity index (χ2n) is 7.18. The summed E-state index contributed by atoms with van der Waals surface area (Å²) in [7, 11) is -2.38. The topological polar surface area (TPSA) is 150 Å². The number of methoxy groups -OCH3 is 1. The molecule has 0 amide bonds. The Morgan fingerprint density at radius 2 is 1.97 bits per heavy atom. The zero-order chi connectivity index (χ0) is 23.2. The molecule has 10 heteroatoms. The maximum Gasteiger partial charge on any atom is 0.264 e. The predicted molar refractivity (Wildman–Crippen MR) is 120 cm³/mol. The number of Topliss-reactive ketones (excluding diaryl/α,β-unsaturated/α-hetero) is 1. The molecule has 0 saturated carbocycles. The first kappa shape index (κ1) is 24.3. The summed E-state index contributed by atoms with van der Waals surface area (Å²) in [4.78, 5) is 20.4. The van der Waals surface area contributed by atoms with E-state index >= 15 is 0 Å². The van der Waals surface area contributed by atoms with Crippen molar-refractivity contribution in [3.63, 3.8) is 0 Å². The molecule has 2 rings (SSSR count). The van der Waals surface area contributed by atoms with Gasteiger partial charge in [-0.05, 0) is 68.5 Å². The van der Waals surface area contributed by atoms with E-state index in [0.717, 1.165) is 5.56 Å². The van der Waals surface area contributed by atoms with Crippen LogP contribution in [0, 0.1) is 20.8 Å². The number of rotatable bonds is 9. The molecule has 0 aliphatic heterocycles. The van der Waals surface area contributed by atoms with Crippen molar-refractivity contribution in [2.45, 2.75) is 44.6 Å². The number of hydrogen-bond acceptors (Lipinski definition) is 7. The SMILES string of the molecule is COc1cc(C)c(S(=O)(=O)NC(N)=NCCC[C@H](N)C(=O)c2ccccn2)c(C)c1C. The number of hydrogen-bond donors (Lipinski definition) is 3. The van der Waals surface area contributed by atoms with Crippen molar-refractivity contribution < 1.29 is 17.9 Å². The number of aryl methyl sites for hydroxylation is 1. The molecule has 31 heavy (non-hydrogen) atoms. The lowest BCUT2D eigenvalue weighted by atomic mass is 10.1. The van der Waals surface area contributed by atoms with Crippen molar-refractivity contribution in [2.24, 2.45) is 16.5 Å². The number of nitrogens with one attached hydrogen (secondary N) is 1. The number of pyridine rings is 1. The lowest BCUT2D eigenvalue weighted by molar-refractivity contribution is 0.0951. The summed E-state index contributed by atoms with van der Waals surface area (Å²) >= 11 is 0. The van der Waals surface area contributed by atoms with Gasteiger partial charge in [-0.25, -0.2) is 13.1 Å². The first-order valence-electron chi connectivity index (χ1n) is 9.76. The predicted octanol–water partition coefficient (Wildman–Crippen LogP) is 1.60. The highest BCUT2D eigenvalue weighted by Crippen LogP contribution is 2.30. The van der Waals surface area contributed by atoms with Gasteiger partial charge in [0.2, 0.25) is 5.96 Å². The lowest BCUT2D eigenvalue weighted by Crippen LogP contribution is -2.37. The van der Waals surface area contributed by atoms with Crippen molar-refractivity contribution in [1.82, 2.24) is 9.71 Å². The largest absolute Gasteiger partial charge is 0.496 e. The Kier molecular flexibility index (Phi) is 8.12. The van der Waals surface area contributed by atoms with E-state index in [1.54, 1.807) is 45.0 Å². The summed E-state index contributed by atoms with van der Waals surface area (Å²) in [6.45, 7) is 5.42. The molecular formula is C21H29N5O4S. The maximum atomic E-state index is 12.8. The van der Waals surface area contributed by atoms with Gasteiger partial charge in [0, 0.05) is 12.7 Å². The van der Waals surface area contributed by atoms with Crippen molar-refractivity contribution >= 4 is 21.8 Å². The molecule has 0 saturated heterocycles. The van der Waals surface area contributed by atoms with Crippen molar-refractivity contribution in [2.75, 3.05) is 13.7 Å². The molecule has 0 bridgehead atoms. The summed E-state index contributed by atoms with van der Waals surface area (Å²) in [5, 5.41) is 0. The third-order valence-corrected chi connectivity index (χ3v) is 6.56. The molecular weight excluding hydrogens is 418 g/mol. The summed E-state index contributed by atoms with van der Waals surface area (Å²) < 4.78 is 33.3. The molecule has 9 nitrogen and oxygen atoms in total. The van der Waals surface area contributed by atoms with Gasteiger partial charge in [-0.15, -0.1) is 0 Å². The van der Waals surface area contributed by atoms with Gasteiger partial charge < -0.3 is 16.2 Å². The van der Waals surface area contributed by atoms with Crippen LogP contribution in [0.5, 0.6) is 5.75 Å². The molecule has 0 aliphatic rings. The number of aliphatic imine (C=N–C) groups is 1. The molecule has 1 atom stereocenters. The van der Waals surface area contributed by atoms with Gasteiger partial charge in [-0.2, -0.15) is 0 Å². The minimum atomic E-state index is -3.92. The number of benzene rings is 1. The first-order chi connectivity index (χ1) is 14.6. The number of nitrogens with zero attached hydrogens (tertiary/aromatic N) is 2. The zero-order valence-electron chi connectivity index (χ0n) is 18.2. The normalized spacial score (nSPS) is 13.0. The van der Waals surface area contributed by atoms with Gasteiger partial charge in [0.05, 0.1) is 18.0 Å². The number of ether oxygens (including phenoxy) is 1. The molecule has 0 spiro atoms. The van der Waals surface area contributed by atoms with Gasteiger partial charge in [-0.3, -0.25) is 14.8 Å². The molecule has 1 aromatic carbocycles. The standard InChI is InChI=1S/C21H29N5O4S/c1-13-12-18(30-4)14(2)15(3)20(13)31(28,29)26-21(23)25-11-7-8-16(22)19(27)17-9-5-6-10-24-17/h5-6,9-10,12,16H,7-8,11,22H2,1-4H3,(H3,23,25,26)/t16-/m0/s1. The van der Waals surface area contributed by atoms with E-state index in [0.29, 0.717) is 35.4 Å². The van der Waals surface area contributed by atoms with Crippen molar-refractivity contribution in [3.05, 3.63) is 52.8 Å². The fourth-order valence-corrected chi connectivity index (χ4v) is 4.69. The summed E-state index contributed by atoms with van der Waals surface area (Å²) in [5.74, 6) is 0.142. The Morgan fingerprint density at radius 1 is 1.26 bits per heavy atom. The van der Waals surface area contributed by atoms with Gasteiger partial charge in [-0.1, -0.05) is 6.07 Å². The molecule has 168 valence electrons. The Bertz CT molecular complexity index is 1070. The van der Waals surface area contributed by atoms with E-state index in [-0.39, 0.29) is 23.2 Å². The second kappa shape index (κ2) is 10.4. The molecule has 0 unspecified atom stereocenters. The van der Waals surface area contributed by atoms with Gasteiger partial charge >= 0.3 is 0 Å². The smallest absolute Gasteiger partial charge is 0.264 e. The summed E-state index contributed by atoms with van der Waals surface area (Å²) in [6, 6.07) is 6.01. The van der Waals surface area contributed by atoms with Crippen LogP contribution in [0.1, 0.15) is 40.0 Å². The van der Waals surface area contributed by atoms with Crippen LogP contribution in [0.25, 0.3) is 0 Å². The maximum absolute atomic E-state index is 12.8. The first-order valence-corrected chi connectivity index (χ1v) is 11.2. The quantitative estimate of drug-likeness (QED) is 0.229.